The van der Waals surface area contributed by atoms with E-state index in [-0.39, 0.29) is 0 Å². The van der Waals surface area contributed by atoms with Crippen molar-refractivity contribution in [3.8, 4) is 11.8 Å². The fraction of sp³-hybridized carbons (Fsp3) is 0.0625. The van der Waals surface area contributed by atoms with E-state index in [0.29, 0.717) is 16.0 Å². The summed E-state index contributed by atoms with van der Waals surface area (Å²) in [5.74, 6) is 6.82. The zero-order valence-electron chi connectivity index (χ0n) is 10.5. The van der Waals surface area contributed by atoms with E-state index < -0.39 is 0 Å². The normalized spacial score (nSPS) is 10.2. The van der Waals surface area contributed by atoms with Crippen LogP contribution in [0.5, 0.6) is 0 Å². The molecule has 2 nitrogen and oxygen atoms in total. The maximum atomic E-state index is 5.91. The van der Waals surface area contributed by atoms with Crippen molar-refractivity contribution in [2.24, 2.45) is 0 Å². The number of hydrogen-bond donors (Lipinski definition) is 0. The van der Waals surface area contributed by atoms with Crippen molar-refractivity contribution in [3.05, 3.63) is 59.1 Å². The average molecular weight is 300 g/mol. The van der Waals surface area contributed by atoms with Crippen LogP contribution in [0.25, 0.3) is 11.1 Å². The van der Waals surface area contributed by atoms with E-state index in [9.17, 15) is 0 Å². The molecule has 20 heavy (non-hydrogen) atoms. The van der Waals surface area contributed by atoms with Crippen molar-refractivity contribution in [2.75, 3.05) is 5.75 Å². The van der Waals surface area contributed by atoms with Crippen LogP contribution < -0.4 is 0 Å². The quantitative estimate of drug-likeness (QED) is 0.510. The lowest BCUT2D eigenvalue weighted by atomic mass is 10.2. The Morgan fingerprint density at radius 3 is 2.85 bits per heavy atom. The summed E-state index contributed by atoms with van der Waals surface area (Å²) in [5, 5.41) is 1.27. The van der Waals surface area contributed by atoms with Crippen LogP contribution in [0.2, 0.25) is 5.02 Å². The molecule has 4 heteroatoms. The largest absolute Gasteiger partial charge is 0.431 e. The molecule has 3 aromatic rings. The van der Waals surface area contributed by atoms with Crippen LogP contribution in [-0.2, 0) is 0 Å². The van der Waals surface area contributed by atoms with Crippen LogP contribution in [0.15, 0.2) is 58.2 Å². The van der Waals surface area contributed by atoms with Gasteiger partial charge in [0, 0.05) is 10.6 Å². The highest BCUT2D eigenvalue weighted by atomic mass is 35.5. The van der Waals surface area contributed by atoms with Crippen LogP contribution >= 0.6 is 23.4 Å². The van der Waals surface area contributed by atoms with Crippen molar-refractivity contribution in [1.29, 1.82) is 0 Å². The van der Waals surface area contributed by atoms with Gasteiger partial charge in [0.2, 0.25) is 0 Å². The smallest absolute Gasteiger partial charge is 0.257 e. The maximum Gasteiger partial charge on any atom is 0.257 e. The lowest BCUT2D eigenvalue weighted by molar-refractivity contribution is 0.490. The number of hydrogen-bond acceptors (Lipinski definition) is 3. The Balaban J connectivity index is 1.67. The molecule has 0 aliphatic heterocycles. The predicted octanol–water partition coefficient (Wildman–Crippen LogP) is 4.63. The van der Waals surface area contributed by atoms with Crippen molar-refractivity contribution < 1.29 is 4.42 Å². The number of aromatic nitrogens is 1. The molecule has 0 unspecified atom stereocenters. The predicted molar refractivity (Wildman–Crippen MR) is 83.1 cm³/mol. The number of thioether (sulfide) groups is 1. The average Bonchev–Trinajstić information content (AvgIpc) is 2.86. The molecule has 0 aliphatic rings. The Hall–Kier alpha value is -1.89. The van der Waals surface area contributed by atoms with Gasteiger partial charge in [-0.15, -0.1) is 0 Å². The Morgan fingerprint density at radius 1 is 1.15 bits per heavy atom. The molecule has 0 N–H and O–H groups in total. The minimum Gasteiger partial charge on any atom is -0.431 e. The molecule has 1 aromatic heterocycles. The Morgan fingerprint density at radius 2 is 2.00 bits per heavy atom. The van der Waals surface area contributed by atoms with E-state index in [1.165, 1.54) is 11.8 Å². The zero-order chi connectivity index (χ0) is 13.8. The summed E-state index contributed by atoms with van der Waals surface area (Å²) in [6.07, 6.45) is 0. The van der Waals surface area contributed by atoms with Gasteiger partial charge in [-0.3, -0.25) is 0 Å². The van der Waals surface area contributed by atoms with Gasteiger partial charge in [-0.05, 0) is 30.3 Å². The minimum atomic E-state index is 0.615. The van der Waals surface area contributed by atoms with Gasteiger partial charge in [-0.25, -0.2) is 4.98 Å². The van der Waals surface area contributed by atoms with E-state index in [0.717, 1.165) is 16.7 Å². The van der Waals surface area contributed by atoms with Crippen LogP contribution in [0.3, 0.4) is 0 Å². The first-order chi connectivity index (χ1) is 9.81. The van der Waals surface area contributed by atoms with Crippen LogP contribution in [0, 0.1) is 11.8 Å². The monoisotopic (exact) mass is 299 g/mol. The summed E-state index contributed by atoms with van der Waals surface area (Å²) in [5.41, 5.74) is 2.53. The van der Waals surface area contributed by atoms with E-state index in [2.05, 4.69) is 16.8 Å². The van der Waals surface area contributed by atoms with Gasteiger partial charge >= 0.3 is 0 Å². The summed E-state index contributed by atoms with van der Waals surface area (Å²) < 4.78 is 5.60. The summed E-state index contributed by atoms with van der Waals surface area (Å²) in [7, 11) is 0. The second-order valence-electron chi connectivity index (χ2n) is 4.05. The SMILES string of the molecule is Clc1ccc2oc(SCC#Cc3ccccc3)nc2c1. The molecule has 0 saturated carbocycles. The van der Waals surface area contributed by atoms with Crippen molar-refractivity contribution in [3.63, 3.8) is 0 Å². The number of fused-ring (bicyclic) bond motifs is 1. The summed E-state index contributed by atoms with van der Waals surface area (Å²) >= 11 is 7.39. The highest BCUT2D eigenvalue weighted by Gasteiger charge is 2.05. The van der Waals surface area contributed by atoms with Gasteiger partial charge in [0.15, 0.2) is 5.58 Å². The van der Waals surface area contributed by atoms with E-state index in [1.807, 2.05) is 36.4 Å². The molecule has 0 atom stereocenters. The zero-order valence-corrected chi connectivity index (χ0v) is 12.0. The molecule has 0 amide bonds. The fourth-order valence-corrected chi connectivity index (χ4v) is 2.44. The van der Waals surface area contributed by atoms with Gasteiger partial charge < -0.3 is 4.42 Å². The molecule has 0 fully saturated rings. The number of nitrogens with zero attached hydrogens (tertiary/aromatic N) is 1. The summed E-state index contributed by atoms with van der Waals surface area (Å²) in [6.45, 7) is 0. The Kier molecular flexibility index (Phi) is 3.96. The van der Waals surface area contributed by atoms with Gasteiger partial charge in [0.1, 0.15) is 5.52 Å². The molecule has 0 radical (unpaired) electrons. The molecule has 0 aliphatic carbocycles. The van der Waals surface area contributed by atoms with Crippen molar-refractivity contribution in [1.82, 2.24) is 4.98 Å². The van der Waals surface area contributed by atoms with E-state index >= 15 is 0 Å². The number of benzene rings is 2. The molecule has 0 spiro atoms. The standard InChI is InChI=1S/C16H10ClNOS/c17-13-8-9-15-14(11-13)18-16(19-15)20-10-4-7-12-5-2-1-3-6-12/h1-3,5-6,8-9,11H,10H2. The second kappa shape index (κ2) is 6.04. The van der Waals surface area contributed by atoms with Gasteiger partial charge in [-0.2, -0.15) is 0 Å². The summed E-state index contributed by atoms with van der Waals surface area (Å²) in [4.78, 5) is 4.36. The number of halogens is 1. The minimum absolute atomic E-state index is 0.615. The number of oxazole rings is 1. The first-order valence-electron chi connectivity index (χ1n) is 6.04. The van der Waals surface area contributed by atoms with Crippen LogP contribution in [0.1, 0.15) is 5.56 Å². The van der Waals surface area contributed by atoms with Gasteiger partial charge in [0.05, 0.1) is 5.75 Å². The molecule has 1 heterocycles. The van der Waals surface area contributed by atoms with Gasteiger partial charge in [-0.1, -0.05) is 53.4 Å². The third-order valence-corrected chi connectivity index (χ3v) is 3.55. The third kappa shape index (κ3) is 3.16. The molecular weight excluding hydrogens is 290 g/mol. The fourth-order valence-electron chi connectivity index (χ4n) is 1.70. The van der Waals surface area contributed by atoms with E-state index in [1.54, 1.807) is 12.1 Å². The lowest BCUT2D eigenvalue weighted by Crippen LogP contribution is -1.75. The molecule has 0 saturated heterocycles. The van der Waals surface area contributed by atoms with Crippen molar-refractivity contribution in [2.45, 2.75) is 5.22 Å². The highest BCUT2D eigenvalue weighted by molar-refractivity contribution is 7.99. The van der Waals surface area contributed by atoms with Gasteiger partial charge in [0.25, 0.3) is 5.22 Å². The molecular formula is C16H10ClNOS. The second-order valence-corrected chi connectivity index (χ2v) is 5.41. The Labute approximate surface area is 126 Å². The van der Waals surface area contributed by atoms with Crippen molar-refractivity contribution >= 4 is 34.5 Å². The highest BCUT2D eigenvalue weighted by Crippen LogP contribution is 2.25. The first kappa shape index (κ1) is 13.1. The molecule has 0 bridgehead atoms. The lowest BCUT2D eigenvalue weighted by Gasteiger charge is -1.88. The topological polar surface area (TPSA) is 26.0 Å². The van der Waals surface area contributed by atoms with Crippen LogP contribution in [-0.4, -0.2) is 10.7 Å². The molecule has 2 aromatic carbocycles. The first-order valence-corrected chi connectivity index (χ1v) is 7.40. The van der Waals surface area contributed by atoms with Crippen LogP contribution in [0.4, 0.5) is 0 Å². The third-order valence-electron chi connectivity index (χ3n) is 2.60. The summed E-state index contributed by atoms with van der Waals surface area (Å²) in [6, 6.07) is 15.3. The Bertz CT molecular complexity index is 786. The maximum absolute atomic E-state index is 5.91. The van der Waals surface area contributed by atoms with E-state index in [4.69, 9.17) is 16.0 Å². The molecule has 3 rings (SSSR count). The number of rotatable bonds is 2. The molecule has 98 valence electrons.